The van der Waals surface area contributed by atoms with E-state index < -0.39 is 0 Å². The lowest BCUT2D eigenvalue weighted by Crippen LogP contribution is -2.22. The molecule has 0 unspecified atom stereocenters. The number of anilines is 2. The molecule has 0 spiro atoms. The van der Waals surface area contributed by atoms with E-state index in [1.807, 2.05) is 25.1 Å². The zero-order valence-electron chi connectivity index (χ0n) is 13.0. The maximum Gasteiger partial charge on any atom is 0.253 e. The first-order valence-corrected chi connectivity index (χ1v) is 7.78. The molecule has 1 aromatic carbocycles. The van der Waals surface area contributed by atoms with Crippen molar-refractivity contribution in [1.82, 2.24) is 10.3 Å². The molecule has 2 N–H and O–H groups in total. The minimum Gasteiger partial charge on any atom is -0.467 e. The number of rotatable bonds is 5. The number of benzene rings is 1. The zero-order chi connectivity index (χ0) is 16.9. The van der Waals surface area contributed by atoms with E-state index >= 15 is 0 Å². The molecular formula is C18H16ClN3O2. The van der Waals surface area contributed by atoms with Crippen molar-refractivity contribution in [1.29, 1.82) is 0 Å². The van der Waals surface area contributed by atoms with Crippen molar-refractivity contribution < 1.29 is 9.21 Å². The molecule has 6 heteroatoms. The van der Waals surface area contributed by atoms with Crippen molar-refractivity contribution in [2.24, 2.45) is 0 Å². The van der Waals surface area contributed by atoms with E-state index in [1.165, 1.54) is 6.20 Å². The number of hydrogen-bond acceptors (Lipinski definition) is 4. The molecule has 3 aromatic rings. The second kappa shape index (κ2) is 7.19. The van der Waals surface area contributed by atoms with Gasteiger partial charge in [0.25, 0.3) is 5.91 Å². The predicted molar refractivity (Wildman–Crippen MR) is 93.6 cm³/mol. The van der Waals surface area contributed by atoms with Crippen LogP contribution in [0.2, 0.25) is 5.02 Å². The van der Waals surface area contributed by atoms with Crippen LogP contribution >= 0.6 is 11.6 Å². The lowest BCUT2D eigenvalue weighted by molar-refractivity contribution is 0.0947. The number of aromatic nitrogens is 1. The highest BCUT2D eigenvalue weighted by Gasteiger charge is 2.08. The Hall–Kier alpha value is -2.79. The van der Waals surface area contributed by atoms with Gasteiger partial charge in [-0.25, -0.2) is 0 Å². The van der Waals surface area contributed by atoms with Gasteiger partial charge in [0.05, 0.1) is 30.3 Å². The SMILES string of the molecule is Cc1ccc(Cl)cc1Nc1cncc(C(=O)NCc2ccco2)c1. The number of aryl methyl sites for hydroxylation is 1. The van der Waals surface area contributed by atoms with Crippen molar-refractivity contribution in [3.63, 3.8) is 0 Å². The van der Waals surface area contributed by atoms with Gasteiger partial charge in [-0.15, -0.1) is 0 Å². The van der Waals surface area contributed by atoms with Crippen LogP contribution in [0.4, 0.5) is 11.4 Å². The molecule has 5 nitrogen and oxygen atoms in total. The first-order chi connectivity index (χ1) is 11.6. The third-order valence-electron chi connectivity index (χ3n) is 3.48. The van der Waals surface area contributed by atoms with Gasteiger partial charge in [0.2, 0.25) is 0 Å². The molecule has 0 saturated carbocycles. The second-order valence-electron chi connectivity index (χ2n) is 5.31. The third-order valence-corrected chi connectivity index (χ3v) is 3.72. The normalized spacial score (nSPS) is 10.4. The molecule has 2 heterocycles. The summed E-state index contributed by atoms with van der Waals surface area (Å²) in [5.74, 6) is 0.477. The first-order valence-electron chi connectivity index (χ1n) is 7.40. The average molecular weight is 342 g/mol. The van der Waals surface area contributed by atoms with Crippen LogP contribution in [0.5, 0.6) is 0 Å². The molecule has 24 heavy (non-hydrogen) atoms. The number of pyridine rings is 1. The number of furan rings is 1. The number of amides is 1. The summed E-state index contributed by atoms with van der Waals surface area (Å²) in [7, 11) is 0. The fourth-order valence-electron chi connectivity index (χ4n) is 2.20. The Morgan fingerprint density at radius 2 is 2.12 bits per heavy atom. The van der Waals surface area contributed by atoms with E-state index in [1.54, 1.807) is 30.7 Å². The van der Waals surface area contributed by atoms with E-state index in [-0.39, 0.29) is 5.91 Å². The van der Waals surface area contributed by atoms with E-state index in [2.05, 4.69) is 15.6 Å². The van der Waals surface area contributed by atoms with Crippen molar-refractivity contribution in [2.75, 3.05) is 5.32 Å². The Morgan fingerprint density at radius 3 is 2.92 bits per heavy atom. The zero-order valence-corrected chi connectivity index (χ0v) is 13.8. The van der Waals surface area contributed by atoms with Crippen LogP contribution in [0.3, 0.4) is 0 Å². The average Bonchev–Trinajstić information content (AvgIpc) is 3.10. The summed E-state index contributed by atoms with van der Waals surface area (Å²) >= 11 is 6.03. The van der Waals surface area contributed by atoms with Crippen molar-refractivity contribution in [2.45, 2.75) is 13.5 Å². The highest BCUT2D eigenvalue weighted by molar-refractivity contribution is 6.30. The molecule has 1 amide bonds. The summed E-state index contributed by atoms with van der Waals surface area (Å²) in [6.45, 7) is 2.31. The van der Waals surface area contributed by atoms with Crippen LogP contribution < -0.4 is 10.6 Å². The van der Waals surface area contributed by atoms with Crippen LogP contribution in [-0.4, -0.2) is 10.9 Å². The van der Waals surface area contributed by atoms with Crippen LogP contribution in [0, 0.1) is 6.92 Å². The summed E-state index contributed by atoms with van der Waals surface area (Å²) in [5, 5.41) is 6.67. The Bertz CT molecular complexity index is 847. The van der Waals surface area contributed by atoms with Gasteiger partial charge in [-0.3, -0.25) is 9.78 Å². The third kappa shape index (κ3) is 3.94. The Morgan fingerprint density at radius 1 is 1.25 bits per heavy atom. The monoisotopic (exact) mass is 341 g/mol. The smallest absolute Gasteiger partial charge is 0.253 e. The summed E-state index contributed by atoms with van der Waals surface area (Å²) < 4.78 is 5.19. The highest BCUT2D eigenvalue weighted by Crippen LogP contribution is 2.24. The van der Waals surface area contributed by atoms with E-state index in [9.17, 15) is 4.79 Å². The number of carbonyl (C=O) groups is 1. The van der Waals surface area contributed by atoms with Gasteiger partial charge in [-0.1, -0.05) is 17.7 Å². The van der Waals surface area contributed by atoms with Crippen LogP contribution in [0.25, 0.3) is 0 Å². The first kappa shape index (κ1) is 16.1. The lowest BCUT2D eigenvalue weighted by Gasteiger charge is -2.11. The Labute approximate surface area is 144 Å². The standard InChI is InChI=1S/C18H16ClN3O2/c1-12-4-5-14(19)8-17(12)22-15-7-13(9-20-10-15)18(23)21-11-16-3-2-6-24-16/h2-10,22H,11H2,1H3,(H,21,23). The minimum absolute atomic E-state index is 0.217. The maximum absolute atomic E-state index is 12.2. The number of nitrogens with zero attached hydrogens (tertiary/aromatic N) is 1. The molecule has 0 radical (unpaired) electrons. The number of carbonyl (C=O) groups excluding carboxylic acids is 1. The van der Waals surface area contributed by atoms with E-state index in [0.717, 1.165) is 11.3 Å². The summed E-state index contributed by atoms with van der Waals surface area (Å²) in [6.07, 6.45) is 4.75. The van der Waals surface area contributed by atoms with Crippen molar-refractivity contribution in [3.05, 3.63) is 77.0 Å². The molecule has 0 aliphatic rings. The molecule has 0 aliphatic heterocycles. The fourth-order valence-corrected chi connectivity index (χ4v) is 2.37. The van der Waals surface area contributed by atoms with Crippen molar-refractivity contribution in [3.8, 4) is 0 Å². The molecule has 0 bridgehead atoms. The van der Waals surface area contributed by atoms with Gasteiger partial charge in [-0.2, -0.15) is 0 Å². The molecule has 0 saturated heterocycles. The number of hydrogen-bond donors (Lipinski definition) is 2. The second-order valence-corrected chi connectivity index (χ2v) is 5.75. The van der Waals surface area contributed by atoms with Crippen LogP contribution in [-0.2, 0) is 6.54 Å². The minimum atomic E-state index is -0.217. The Balaban J connectivity index is 1.71. The highest BCUT2D eigenvalue weighted by atomic mass is 35.5. The molecule has 2 aromatic heterocycles. The van der Waals surface area contributed by atoms with Gasteiger partial charge in [0.15, 0.2) is 0 Å². The quantitative estimate of drug-likeness (QED) is 0.725. The molecule has 0 aliphatic carbocycles. The molecule has 0 fully saturated rings. The number of halogens is 1. The van der Waals surface area contributed by atoms with Gasteiger partial charge >= 0.3 is 0 Å². The van der Waals surface area contributed by atoms with Crippen molar-refractivity contribution >= 4 is 28.9 Å². The van der Waals surface area contributed by atoms with Gasteiger partial charge in [0, 0.05) is 16.9 Å². The van der Waals surface area contributed by atoms with E-state index in [4.69, 9.17) is 16.0 Å². The molecule has 3 rings (SSSR count). The van der Waals surface area contributed by atoms with Crippen LogP contribution in [0.1, 0.15) is 21.7 Å². The Kier molecular flexibility index (Phi) is 4.82. The lowest BCUT2D eigenvalue weighted by atomic mass is 10.2. The topological polar surface area (TPSA) is 67.2 Å². The molecule has 122 valence electrons. The van der Waals surface area contributed by atoms with Crippen LogP contribution in [0.15, 0.2) is 59.5 Å². The van der Waals surface area contributed by atoms with Gasteiger partial charge in [-0.05, 0) is 42.8 Å². The van der Waals surface area contributed by atoms with E-state index in [0.29, 0.717) is 28.6 Å². The summed E-state index contributed by atoms with van der Waals surface area (Å²) in [5.41, 5.74) is 3.10. The van der Waals surface area contributed by atoms with Gasteiger partial charge in [0.1, 0.15) is 5.76 Å². The molecule has 0 atom stereocenters. The fraction of sp³-hybridized carbons (Fsp3) is 0.111. The van der Waals surface area contributed by atoms with Gasteiger partial charge < -0.3 is 15.1 Å². The molecular weight excluding hydrogens is 326 g/mol. The number of nitrogens with one attached hydrogen (secondary N) is 2. The predicted octanol–water partition coefficient (Wildman–Crippen LogP) is 4.31. The summed E-state index contributed by atoms with van der Waals surface area (Å²) in [4.78, 5) is 16.3. The maximum atomic E-state index is 12.2. The largest absolute Gasteiger partial charge is 0.467 e. The summed E-state index contributed by atoms with van der Waals surface area (Å²) in [6, 6.07) is 10.9.